The second kappa shape index (κ2) is 5.87. The third-order valence-electron chi connectivity index (χ3n) is 3.48. The molecule has 2 N–H and O–H groups in total. The first-order chi connectivity index (χ1) is 8.30. The molecule has 18 heavy (non-hydrogen) atoms. The maximum absolute atomic E-state index is 11.3. The third-order valence-corrected chi connectivity index (χ3v) is 3.70. The molecule has 0 saturated heterocycles. The van der Waals surface area contributed by atoms with Gasteiger partial charge in [-0.1, -0.05) is 20.8 Å². The van der Waals surface area contributed by atoms with Gasteiger partial charge in [-0.15, -0.1) is 0 Å². The van der Waals surface area contributed by atoms with Crippen LogP contribution in [-0.2, 0) is 9.32 Å². The number of rotatable bonds is 4. The summed E-state index contributed by atoms with van der Waals surface area (Å²) in [6, 6.07) is 0.0836. The SMILES string of the molecule is CC1(C)CC(NC(=O)OP)CC(C)(CNC=O)C1. The van der Waals surface area contributed by atoms with E-state index in [1.54, 1.807) is 0 Å². The number of amides is 2. The van der Waals surface area contributed by atoms with Crippen molar-refractivity contribution in [2.75, 3.05) is 6.54 Å². The minimum absolute atomic E-state index is 0.00148. The maximum Gasteiger partial charge on any atom is 0.409 e. The van der Waals surface area contributed by atoms with Crippen LogP contribution in [0, 0.1) is 10.8 Å². The fourth-order valence-corrected chi connectivity index (χ4v) is 3.43. The second-order valence-corrected chi connectivity index (χ2v) is 6.54. The zero-order valence-electron chi connectivity index (χ0n) is 11.3. The Bertz CT molecular complexity index is 322. The standard InChI is InChI=1S/C12H23N2O3P/c1-11(2)4-9(14-10(16)17-18)5-12(3,6-11)7-13-8-15/h8-9H,4-7,18H2,1-3H3,(H,13,15)(H,14,16). The molecule has 3 atom stereocenters. The van der Waals surface area contributed by atoms with Gasteiger partial charge in [-0.2, -0.15) is 0 Å². The predicted octanol–water partition coefficient (Wildman–Crippen LogP) is 1.83. The molecule has 0 heterocycles. The minimum Gasteiger partial charge on any atom is -0.435 e. The Morgan fingerprint density at radius 1 is 1.44 bits per heavy atom. The molecule has 5 nitrogen and oxygen atoms in total. The lowest BCUT2D eigenvalue weighted by atomic mass is 9.62. The molecule has 0 spiro atoms. The first kappa shape index (κ1) is 15.2. The fraction of sp³-hybridized carbons (Fsp3) is 0.833. The van der Waals surface area contributed by atoms with E-state index >= 15 is 0 Å². The van der Waals surface area contributed by atoms with Gasteiger partial charge in [0, 0.05) is 12.6 Å². The van der Waals surface area contributed by atoms with Crippen molar-refractivity contribution in [3.05, 3.63) is 0 Å². The van der Waals surface area contributed by atoms with Crippen LogP contribution < -0.4 is 10.6 Å². The highest BCUT2D eigenvalue weighted by molar-refractivity contribution is 7.10. The number of carbonyl (C=O) groups is 2. The molecule has 1 saturated carbocycles. The number of hydrogen-bond acceptors (Lipinski definition) is 3. The van der Waals surface area contributed by atoms with Gasteiger partial charge in [-0.25, -0.2) is 4.79 Å². The van der Waals surface area contributed by atoms with Crippen molar-refractivity contribution in [3.63, 3.8) is 0 Å². The molecular weight excluding hydrogens is 251 g/mol. The number of nitrogens with one attached hydrogen (secondary N) is 2. The minimum atomic E-state index is -0.423. The average molecular weight is 274 g/mol. The van der Waals surface area contributed by atoms with Crippen LogP contribution in [0.15, 0.2) is 0 Å². The van der Waals surface area contributed by atoms with E-state index in [4.69, 9.17) is 0 Å². The van der Waals surface area contributed by atoms with Crippen LogP contribution in [0.5, 0.6) is 0 Å². The van der Waals surface area contributed by atoms with E-state index in [-0.39, 0.29) is 16.9 Å². The van der Waals surface area contributed by atoms with Crippen molar-refractivity contribution in [2.24, 2.45) is 10.8 Å². The van der Waals surface area contributed by atoms with Crippen molar-refractivity contribution in [1.29, 1.82) is 0 Å². The van der Waals surface area contributed by atoms with Crippen LogP contribution in [0.25, 0.3) is 0 Å². The quantitative estimate of drug-likeness (QED) is 0.607. The van der Waals surface area contributed by atoms with Crippen LogP contribution in [-0.4, -0.2) is 25.1 Å². The Labute approximate surface area is 111 Å². The summed E-state index contributed by atoms with van der Waals surface area (Å²) in [6.07, 6.45) is 3.09. The van der Waals surface area contributed by atoms with Gasteiger partial charge in [-0.05, 0) is 30.1 Å². The zero-order valence-corrected chi connectivity index (χ0v) is 12.4. The summed E-state index contributed by atoms with van der Waals surface area (Å²) in [7, 11) is 1.95. The molecule has 104 valence electrons. The van der Waals surface area contributed by atoms with Crippen LogP contribution >= 0.6 is 9.47 Å². The van der Waals surface area contributed by atoms with E-state index in [0.717, 1.165) is 25.7 Å². The van der Waals surface area contributed by atoms with Gasteiger partial charge in [-0.3, -0.25) is 4.79 Å². The van der Waals surface area contributed by atoms with Gasteiger partial charge in [0.25, 0.3) is 0 Å². The number of carbonyl (C=O) groups excluding carboxylic acids is 2. The molecule has 0 aromatic heterocycles. The Hall–Kier alpha value is -0.830. The Kier molecular flexibility index (Phi) is 4.97. The van der Waals surface area contributed by atoms with E-state index in [0.29, 0.717) is 6.54 Å². The molecule has 1 aliphatic rings. The molecule has 2 amide bonds. The second-order valence-electron chi connectivity index (χ2n) is 6.31. The summed E-state index contributed by atoms with van der Waals surface area (Å²) in [5, 5.41) is 5.61. The van der Waals surface area contributed by atoms with E-state index in [1.165, 1.54) is 0 Å². The van der Waals surface area contributed by atoms with Crippen molar-refractivity contribution in [3.8, 4) is 0 Å². The Morgan fingerprint density at radius 2 is 2.11 bits per heavy atom. The van der Waals surface area contributed by atoms with Gasteiger partial charge in [0.2, 0.25) is 6.41 Å². The summed E-state index contributed by atoms with van der Waals surface area (Å²) in [4.78, 5) is 21.7. The summed E-state index contributed by atoms with van der Waals surface area (Å²) >= 11 is 0. The summed E-state index contributed by atoms with van der Waals surface area (Å²) in [6.45, 7) is 7.15. The molecular formula is C12H23N2O3P. The van der Waals surface area contributed by atoms with E-state index in [1.807, 2.05) is 9.47 Å². The lowest BCUT2D eigenvalue weighted by Gasteiger charge is -2.46. The Morgan fingerprint density at radius 3 is 2.67 bits per heavy atom. The molecule has 0 bridgehead atoms. The summed E-state index contributed by atoms with van der Waals surface area (Å²) in [5.41, 5.74) is 0.137. The van der Waals surface area contributed by atoms with E-state index in [9.17, 15) is 9.59 Å². The van der Waals surface area contributed by atoms with Gasteiger partial charge in [0.15, 0.2) is 0 Å². The molecule has 1 fully saturated rings. The molecule has 0 aromatic rings. The van der Waals surface area contributed by atoms with Crippen LogP contribution in [0.1, 0.15) is 40.0 Å². The normalized spacial score (nSPS) is 30.3. The monoisotopic (exact) mass is 274 g/mol. The zero-order chi connectivity index (χ0) is 13.8. The van der Waals surface area contributed by atoms with Crippen molar-refractivity contribution >= 4 is 22.0 Å². The number of hydrogen-bond donors (Lipinski definition) is 2. The predicted molar refractivity (Wildman–Crippen MR) is 72.9 cm³/mol. The van der Waals surface area contributed by atoms with Crippen molar-refractivity contribution in [1.82, 2.24) is 10.6 Å². The highest BCUT2D eigenvalue weighted by Crippen LogP contribution is 2.45. The average Bonchev–Trinajstić information content (AvgIpc) is 2.23. The molecule has 1 aliphatic carbocycles. The largest absolute Gasteiger partial charge is 0.435 e. The van der Waals surface area contributed by atoms with Crippen LogP contribution in [0.4, 0.5) is 4.79 Å². The van der Waals surface area contributed by atoms with E-state index < -0.39 is 6.09 Å². The molecule has 0 radical (unpaired) electrons. The molecule has 1 rings (SSSR count). The van der Waals surface area contributed by atoms with Crippen molar-refractivity contribution in [2.45, 2.75) is 46.1 Å². The highest BCUT2D eigenvalue weighted by atomic mass is 31.0. The van der Waals surface area contributed by atoms with Gasteiger partial charge < -0.3 is 15.2 Å². The molecule has 6 heteroatoms. The third kappa shape index (κ3) is 4.45. The highest BCUT2D eigenvalue weighted by Gasteiger charge is 2.41. The fourth-order valence-electron chi connectivity index (χ4n) is 3.36. The first-order valence-electron chi connectivity index (χ1n) is 6.14. The Balaban J connectivity index is 2.71. The maximum atomic E-state index is 11.3. The lowest BCUT2D eigenvalue weighted by molar-refractivity contribution is -0.110. The van der Waals surface area contributed by atoms with Crippen LogP contribution in [0.3, 0.4) is 0 Å². The van der Waals surface area contributed by atoms with Crippen LogP contribution in [0.2, 0.25) is 0 Å². The molecule has 0 aromatic carbocycles. The van der Waals surface area contributed by atoms with Gasteiger partial charge in [0.1, 0.15) is 0 Å². The molecule has 3 unspecified atom stereocenters. The van der Waals surface area contributed by atoms with Gasteiger partial charge >= 0.3 is 6.09 Å². The summed E-state index contributed by atoms with van der Waals surface area (Å²) in [5.74, 6) is 0. The topological polar surface area (TPSA) is 67.4 Å². The first-order valence-corrected chi connectivity index (χ1v) is 6.62. The molecule has 0 aliphatic heterocycles. The van der Waals surface area contributed by atoms with Gasteiger partial charge in [0.05, 0.1) is 9.47 Å². The summed E-state index contributed by atoms with van der Waals surface area (Å²) < 4.78 is 4.57. The smallest absolute Gasteiger partial charge is 0.409 e. The lowest BCUT2D eigenvalue weighted by Crippen LogP contribution is -2.49. The van der Waals surface area contributed by atoms with Crippen molar-refractivity contribution < 1.29 is 14.1 Å². The van der Waals surface area contributed by atoms with E-state index in [2.05, 4.69) is 35.9 Å².